The van der Waals surface area contributed by atoms with Crippen molar-refractivity contribution in [3.8, 4) is 0 Å². The van der Waals surface area contributed by atoms with Crippen LogP contribution < -0.4 is 16.0 Å². The third kappa shape index (κ3) is 12.6. The fourth-order valence-electron chi connectivity index (χ4n) is 1.68. The van der Waals surface area contributed by atoms with Crippen LogP contribution in [-0.4, -0.2) is 65.0 Å². The molecule has 0 aliphatic heterocycles. The molecular formula is C14H26N3O8PS. The smallest absolute Gasteiger partial charge is 0.383 e. The second kappa shape index (κ2) is 12.1. The van der Waals surface area contributed by atoms with Gasteiger partial charge in [-0.2, -0.15) is 12.6 Å². The van der Waals surface area contributed by atoms with Crippen LogP contribution in [-0.2, 0) is 23.5 Å². The predicted molar refractivity (Wildman–Crippen MR) is 99.6 cm³/mol. The Morgan fingerprint density at radius 1 is 1.15 bits per heavy atom. The molecule has 3 amide bonds. The van der Waals surface area contributed by atoms with Gasteiger partial charge in [0.15, 0.2) is 0 Å². The van der Waals surface area contributed by atoms with E-state index >= 15 is 0 Å². The van der Waals surface area contributed by atoms with Crippen LogP contribution in [0.15, 0.2) is 11.5 Å². The van der Waals surface area contributed by atoms with Crippen molar-refractivity contribution in [1.82, 2.24) is 16.0 Å². The Morgan fingerprint density at radius 2 is 1.74 bits per heavy atom. The van der Waals surface area contributed by atoms with Crippen LogP contribution in [0.5, 0.6) is 0 Å². The minimum atomic E-state index is -4.72. The number of phosphoric acid groups is 1. The average molecular weight is 427 g/mol. The van der Waals surface area contributed by atoms with Crippen molar-refractivity contribution in [2.75, 3.05) is 26.2 Å². The molecule has 0 saturated heterocycles. The molecule has 0 fully saturated rings. The molecule has 0 aromatic rings. The van der Waals surface area contributed by atoms with Crippen molar-refractivity contribution in [2.24, 2.45) is 5.41 Å². The Kier molecular flexibility index (Phi) is 11.5. The Hall–Kier alpha value is -1.43. The van der Waals surface area contributed by atoms with Crippen LogP contribution in [0.25, 0.3) is 0 Å². The minimum absolute atomic E-state index is 0.0497. The number of aliphatic hydroxyl groups is 1. The number of carbonyl (C=O) groups excluding carboxylic acids is 3. The largest absolute Gasteiger partial charge is 0.469 e. The van der Waals surface area contributed by atoms with Crippen LogP contribution in [0.4, 0.5) is 0 Å². The molecule has 156 valence electrons. The number of amides is 3. The molecule has 13 heteroatoms. The number of hydrogen-bond donors (Lipinski definition) is 7. The van der Waals surface area contributed by atoms with E-state index in [-0.39, 0.29) is 37.9 Å². The van der Waals surface area contributed by atoms with E-state index in [1.807, 2.05) is 0 Å². The Balaban J connectivity index is 4.11. The Morgan fingerprint density at radius 3 is 2.30 bits per heavy atom. The summed E-state index contributed by atoms with van der Waals surface area (Å²) in [7, 11) is -4.72. The maximum Gasteiger partial charge on any atom is 0.469 e. The van der Waals surface area contributed by atoms with Gasteiger partial charge in [-0.1, -0.05) is 13.8 Å². The van der Waals surface area contributed by atoms with Crippen LogP contribution in [0.1, 0.15) is 20.3 Å². The van der Waals surface area contributed by atoms with E-state index < -0.39 is 31.9 Å². The summed E-state index contributed by atoms with van der Waals surface area (Å²) in [5, 5.41) is 18.7. The van der Waals surface area contributed by atoms with Gasteiger partial charge in [-0.3, -0.25) is 18.9 Å². The van der Waals surface area contributed by atoms with Crippen molar-refractivity contribution in [3.05, 3.63) is 11.5 Å². The molecule has 0 spiro atoms. The lowest BCUT2D eigenvalue weighted by Crippen LogP contribution is -2.46. The first kappa shape index (κ1) is 25.6. The first-order valence-corrected chi connectivity index (χ1v) is 9.95. The number of nitrogens with one attached hydrogen (secondary N) is 3. The molecule has 0 bridgehead atoms. The van der Waals surface area contributed by atoms with Gasteiger partial charge >= 0.3 is 7.82 Å². The highest BCUT2D eigenvalue weighted by molar-refractivity contribution is 7.83. The zero-order valence-electron chi connectivity index (χ0n) is 15.0. The monoisotopic (exact) mass is 427 g/mol. The van der Waals surface area contributed by atoms with Crippen molar-refractivity contribution >= 4 is 38.2 Å². The first-order valence-electron chi connectivity index (χ1n) is 7.90. The SMILES string of the molecule is CC(C)(COP(=O)(O)O)[C@H](O)C(=O)NCCC(=O)NCCNC(=O)/C=C\S. The number of rotatable bonds is 12. The molecule has 0 aromatic heterocycles. The number of hydrogen-bond acceptors (Lipinski definition) is 7. The molecule has 11 nitrogen and oxygen atoms in total. The maximum absolute atomic E-state index is 11.9. The third-order valence-corrected chi connectivity index (χ3v) is 3.83. The molecule has 0 aliphatic carbocycles. The topological polar surface area (TPSA) is 174 Å². The molecule has 0 unspecified atom stereocenters. The summed E-state index contributed by atoms with van der Waals surface area (Å²) in [4.78, 5) is 52.0. The van der Waals surface area contributed by atoms with Crippen LogP contribution in [0.3, 0.4) is 0 Å². The zero-order chi connectivity index (χ0) is 21.1. The molecule has 0 saturated carbocycles. The Bertz CT molecular complexity index is 593. The Labute approximate surface area is 162 Å². The summed E-state index contributed by atoms with van der Waals surface area (Å²) < 4.78 is 15.0. The maximum atomic E-state index is 11.9. The van der Waals surface area contributed by atoms with Crippen molar-refractivity contribution in [2.45, 2.75) is 26.4 Å². The summed E-state index contributed by atoms with van der Waals surface area (Å²) >= 11 is 3.74. The van der Waals surface area contributed by atoms with Crippen LogP contribution in [0, 0.1) is 5.41 Å². The third-order valence-electron chi connectivity index (χ3n) is 3.22. The summed E-state index contributed by atoms with van der Waals surface area (Å²) in [5.74, 6) is -1.51. The summed E-state index contributed by atoms with van der Waals surface area (Å²) in [6.45, 7) is 2.63. The fourth-order valence-corrected chi connectivity index (χ4v) is 2.32. The predicted octanol–water partition coefficient (Wildman–Crippen LogP) is -1.33. The van der Waals surface area contributed by atoms with E-state index in [1.54, 1.807) is 0 Å². The number of aliphatic hydroxyl groups excluding tert-OH is 1. The lowest BCUT2D eigenvalue weighted by atomic mass is 9.87. The van der Waals surface area contributed by atoms with Gasteiger partial charge in [0, 0.05) is 37.5 Å². The van der Waals surface area contributed by atoms with Crippen molar-refractivity contribution < 1.29 is 38.4 Å². The van der Waals surface area contributed by atoms with E-state index in [9.17, 15) is 24.1 Å². The summed E-state index contributed by atoms with van der Waals surface area (Å²) in [6.07, 6.45) is -0.428. The summed E-state index contributed by atoms with van der Waals surface area (Å²) in [6, 6.07) is 0. The van der Waals surface area contributed by atoms with Gasteiger partial charge in [-0.05, 0) is 5.41 Å². The van der Waals surface area contributed by atoms with Crippen LogP contribution in [0.2, 0.25) is 0 Å². The number of thiol groups is 1. The van der Waals surface area contributed by atoms with Crippen molar-refractivity contribution in [1.29, 1.82) is 0 Å². The van der Waals surface area contributed by atoms with Crippen LogP contribution >= 0.6 is 20.5 Å². The highest BCUT2D eigenvalue weighted by atomic mass is 32.1. The zero-order valence-corrected chi connectivity index (χ0v) is 16.8. The minimum Gasteiger partial charge on any atom is -0.383 e. The second-order valence-electron chi connectivity index (χ2n) is 6.15. The van der Waals surface area contributed by atoms with E-state index in [0.29, 0.717) is 0 Å². The molecule has 0 aromatic carbocycles. The van der Waals surface area contributed by atoms with Gasteiger partial charge in [0.25, 0.3) is 0 Å². The fraction of sp³-hybridized carbons (Fsp3) is 0.643. The van der Waals surface area contributed by atoms with Crippen molar-refractivity contribution in [3.63, 3.8) is 0 Å². The molecule has 1 atom stereocenters. The molecule has 0 heterocycles. The van der Waals surface area contributed by atoms with E-state index in [2.05, 4.69) is 33.1 Å². The lowest BCUT2D eigenvalue weighted by Gasteiger charge is -2.29. The quantitative estimate of drug-likeness (QED) is 0.0867. The molecule has 0 radical (unpaired) electrons. The lowest BCUT2D eigenvalue weighted by molar-refractivity contribution is -0.137. The molecule has 6 N–H and O–H groups in total. The van der Waals surface area contributed by atoms with Gasteiger partial charge in [-0.15, -0.1) is 0 Å². The second-order valence-corrected chi connectivity index (χ2v) is 7.69. The number of carbonyl (C=O) groups is 3. The van der Waals surface area contributed by atoms with E-state index in [4.69, 9.17) is 9.79 Å². The normalized spacial score (nSPS) is 13.3. The van der Waals surface area contributed by atoms with Gasteiger partial charge in [0.2, 0.25) is 17.7 Å². The van der Waals surface area contributed by atoms with E-state index in [1.165, 1.54) is 25.3 Å². The molecule has 27 heavy (non-hydrogen) atoms. The molecule has 0 rings (SSSR count). The summed E-state index contributed by atoms with van der Waals surface area (Å²) in [5.41, 5.74) is -1.26. The highest BCUT2D eigenvalue weighted by Gasteiger charge is 2.35. The highest BCUT2D eigenvalue weighted by Crippen LogP contribution is 2.38. The molecule has 0 aliphatic rings. The molecular weight excluding hydrogens is 401 g/mol. The first-order chi connectivity index (χ1) is 12.4. The standard InChI is InChI=1S/C14H26N3O8PS/c1-14(2,9-25-26(22,23)24)12(20)13(21)17-5-3-10(18)15-6-7-16-11(19)4-8-27/h4,8,12,20,27H,3,5-7,9H2,1-2H3,(H,15,18)(H,16,19)(H,17,21)(H2,22,23,24)/b8-4-/t12-/m1/s1. The van der Waals surface area contributed by atoms with Gasteiger partial charge in [0.05, 0.1) is 6.61 Å². The van der Waals surface area contributed by atoms with Gasteiger partial charge in [0.1, 0.15) is 6.10 Å². The van der Waals surface area contributed by atoms with Gasteiger partial charge < -0.3 is 30.8 Å². The van der Waals surface area contributed by atoms with Gasteiger partial charge in [-0.25, -0.2) is 4.57 Å². The van der Waals surface area contributed by atoms with E-state index in [0.717, 1.165) is 0 Å². The number of phosphoric ester groups is 1. The average Bonchev–Trinajstić information content (AvgIpc) is 2.56.